The minimum absolute atomic E-state index is 0. The molecule has 5 nitrogen and oxygen atoms in total. The Kier molecular flexibility index (Phi) is 19.1. The van der Waals surface area contributed by atoms with E-state index in [1.807, 2.05) is 35.7 Å². The van der Waals surface area contributed by atoms with E-state index in [4.69, 9.17) is 92.3 Å². The maximum Gasteiger partial charge on any atom is 0.184 e. The van der Waals surface area contributed by atoms with E-state index in [0.29, 0.717) is 30.8 Å². The molecule has 3 aromatic heterocycles. The first kappa shape index (κ1) is 39.7. The topological polar surface area (TPSA) is 95.6 Å². The molecule has 230 valence electrons. The number of nitrogens with one attached hydrogen (secondary N) is 2. The number of imidazole rings is 1. The van der Waals surface area contributed by atoms with Gasteiger partial charge in [-0.05, 0) is 71.4 Å². The number of thiophene rings is 2. The zero-order chi connectivity index (χ0) is 31.2. The average Bonchev–Trinajstić information content (AvgIpc) is 3.70. The van der Waals surface area contributed by atoms with Gasteiger partial charge in [0, 0.05) is 21.2 Å². The fraction of sp³-hybridized carbons (Fsp3) is 0.107. The highest BCUT2D eigenvalue weighted by molar-refractivity contribution is 9.09. The maximum absolute atomic E-state index is 11.0. The van der Waals surface area contributed by atoms with Crippen molar-refractivity contribution in [1.82, 2.24) is 9.97 Å². The summed E-state index contributed by atoms with van der Waals surface area (Å²) in [5, 5.41) is 13.8. The largest absolute Gasteiger partial charge is 0.384 e. The molecule has 0 spiro atoms. The first-order chi connectivity index (χ1) is 19.9. The third-order valence-corrected chi connectivity index (χ3v) is 8.47. The van der Waals surface area contributed by atoms with E-state index in [1.165, 1.54) is 11.3 Å². The van der Waals surface area contributed by atoms with Crippen LogP contribution in [0.2, 0.25) is 20.1 Å². The van der Waals surface area contributed by atoms with Crippen LogP contribution in [0.5, 0.6) is 0 Å². The number of H-pyrrole nitrogens is 1. The second-order valence-electron chi connectivity index (χ2n) is 7.57. The van der Waals surface area contributed by atoms with Gasteiger partial charge in [0.05, 0.1) is 37.0 Å². The van der Waals surface area contributed by atoms with Crippen LogP contribution in [0.4, 0.5) is 0 Å². The summed E-state index contributed by atoms with van der Waals surface area (Å²) < 4.78 is -0.750. The van der Waals surface area contributed by atoms with Gasteiger partial charge in [-0.2, -0.15) is 0 Å². The molecule has 0 aliphatic rings. The minimum Gasteiger partial charge on any atom is -0.384 e. The standard InChI is InChI=1S/C13H8Cl2N2S.C7H7ClN2.C6H4BrClOS.CHCl3.CH4/c14-9-3-1-8(2-4-9)13-16-7-11(17-13)12-10(15)5-6-18-12;8-6-3-1-5(2-4-6)7(9)10;7-3-5(9)6-4(8)1-2-10-6;2-1(3)4;/h1-7H,(H,16,17);1-4H,(H3,9,10);1-2H,3H2;1H;1H4. The Morgan fingerprint density at radius 1 is 0.884 bits per heavy atom. The summed E-state index contributed by atoms with van der Waals surface area (Å²) in [5.74, 6) is 0.919. The van der Waals surface area contributed by atoms with Crippen LogP contribution >= 0.6 is 120 Å². The van der Waals surface area contributed by atoms with Crippen LogP contribution in [0.15, 0.2) is 77.6 Å². The summed E-state index contributed by atoms with van der Waals surface area (Å²) in [6.07, 6.45) is 1.79. The normalized spacial score (nSPS) is 9.79. The number of carbonyl (C=O) groups excluding carboxylic acids is 1. The first-order valence-corrected chi connectivity index (χ1v) is 17.0. The van der Waals surface area contributed by atoms with Crippen molar-refractivity contribution in [2.24, 2.45) is 5.73 Å². The number of Topliss-reactive ketones (excluding diaryl/α,β-unsaturated/α-hetero) is 1. The molecule has 0 saturated heterocycles. The van der Waals surface area contributed by atoms with Crippen LogP contribution in [-0.4, -0.2) is 31.2 Å². The van der Waals surface area contributed by atoms with Gasteiger partial charge in [-0.1, -0.05) is 105 Å². The van der Waals surface area contributed by atoms with Crippen LogP contribution in [0.1, 0.15) is 22.7 Å². The second kappa shape index (κ2) is 20.7. The Bertz CT molecular complexity index is 1550. The van der Waals surface area contributed by atoms with Gasteiger partial charge in [-0.3, -0.25) is 10.2 Å². The number of rotatable bonds is 5. The van der Waals surface area contributed by atoms with E-state index < -0.39 is 4.30 Å². The first-order valence-electron chi connectivity index (χ1n) is 11.3. The van der Waals surface area contributed by atoms with E-state index >= 15 is 0 Å². The van der Waals surface area contributed by atoms with Gasteiger partial charge in [-0.15, -0.1) is 22.7 Å². The quantitative estimate of drug-likeness (QED) is 0.0713. The number of ketones is 1. The highest BCUT2D eigenvalue weighted by Crippen LogP contribution is 2.33. The summed E-state index contributed by atoms with van der Waals surface area (Å²) in [7, 11) is 0. The van der Waals surface area contributed by atoms with Crippen LogP contribution in [-0.2, 0) is 0 Å². The molecule has 0 saturated carbocycles. The molecule has 3 heterocycles. The molecule has 5 aromatic rings. The summed E-state index contributed by atoms with van der Waals surface area (Å²) in [6, 6.07) is 18.0. The number of nitrogens with two attached hydrogens (primary N) is 1. The number of hydrogen-bond acceptors (Lipinski definition) is 5. The third kappa shape index (κ3) is 14.1. The number of alkyl halides is 4. The fourth-order valence-electron chi connectivity index (χ4n) is 2.86. The number of aromatic nitrogens is 2. The average molecular weight is 825 g/mol. The molecule has 0 fully saturated rings. The Labute approximate surface area is 301 Å². The van der Waals surface area contributed by atoms with Crippen molar-refractivity contribution in [3.8, 4) is 22.0 Å². The predicted molar refractivity (Wildman–Crippen MR) is 195 cm³/mol. The van der Waals surface area contributed by atoms with E-state index in [9.17, 15) is 4.79 Å². The van der Waals surface area contributed by atoms with Crippen molar-refractivity contribution in [1.29, 1.82) is 5.41 Å². The zero-order valence-electron chi connectivity index (χ0n) is 21.1. The molecule has 0 amide bonds. The number of amidine groups is 1. The molecule has 0 aliphatic carbocycles. The SMILES string of the molecule is C.ClC(Cl)Cl.Clc1ccc(-c2ncc(-c3sccc3Cl)[nH]2)cc1.N=C(N)c1ccc(Cl)cc1.O=C(CBr)c1sccc1Cl. The Morgan fingerprint density at radius 2 is 1.40 bits per heavy atom. The van der Waals surface area contributed by atoms with Gasteiger partial charge in [-0.25, -0.2) is 4.98 Å². The lowest BCUT2D eigenvalue weighted by molar-refractivity contribution is 0.102. The highest BCUT2D eigenvalue weighted by Gasteiger charge is 2.10. The minimum atomic E-state index is -0.750. The summed E-state index contributed by atoms with van der Waals surface area (Å²) in [6.45, 7) is 0. The van der Waals surface area contributed by atoms with Gasteiger partial charge < -0.3 is 10.7 Å². The summed E-state index contributed by atoms with van der Waals surface area (Å²) in [4.78, 5) is 20.2. The Balaban J connectivity index is 0.000000319. The van der Waals surface area contributed by atoms with Gasteiger partial charge in [0.25, 0.3) is 0 Å². The molecule has 0 aliphatic heterocycles. The van der Waals surface area contributed by atoms with Gasteiger partial charge >= 0.3 is 0 Å². The van der Waals surface area contributed by atoms with E-state index in [-0.39, 0.29) is 19.0 Å². The molecule has 4 N–H and O–H groups in total. The molecule has 2 aromatic carbocycles. The van der Waals surface area contributed by atoms with Crippen LogP contribution < -0.4 is 5.73 Å². The molecule has 0 radical (unpaired) electrons. The molecule has 43 heavy (non-hydrogen) atoms. The van der Waals surface area contributed by atoms with Crippen molar-refractivity contribution in [2.75, 3.05) is 5.33 Å². The molecular weight excluding hydrogens is 801 g/mol. The van der Waals surface area contributed by atoms with Crippen molar-refractivity contribution in [3.05, 3.63) is 108 Å². The Morgan fingerprint density at radius 3 is 1.84 bits per heavy atom. The van der Waals surface area contributed by atoms with Gasteiger partial charge in [0.1, 0.15) is 11.7 Å². The van der Waals surface area contributed by atoms with E-state index in [0.717, 1.165) is 27.0 Å². The number of nitrogen functional groups attached to an aromatic ring is 1. The molecule has 0 bridgehead atoms. The summed E-state index contributed by atoms with van der Waals surface area (Å²) >= 11 is 43.7. The van der Waals surface area contributed by atoms with Crippen molar-refractivity contribution in [2.45, 2.75) is 11.7 Å². The lowest BCUT2D eigenvalue weighted by Gasteiger charge is -1.97. The lowest BCUT2D eigenvalue weighted by atomic mass is 10.2. The summed E-state index contributed by atoms with van der Waals surface area (Å²) in [5.41, 5.74) is 7.83. The van der Waals surface area contributed by atoms with Crippen molar-refractivity contribution < 1.29 is 4.79 Å². The number of hydrogen-bond donors (Lipinski definition) is 3. The van der Waals surface area contributed by atoms with Crippen LogP contribution in [0.25, 0.3) is 22.0 Å². The monoisotopic (exact) mass is 820 g/mol. The van der Waals surface area contributed by atoms with Gasteiger partial charge in [0.2, 0.25) is 0 Å². The number of carbonyl (C=O) groups is 1. The lowest BCUT2D eigenvalue weighted by Crippen LogP contribution is -2.10. The number of aromatic amines is 1. The number of nitrogens with zero attached hydrogens (tertiary/aromatic N) is 1. The van der Waals surface area contributed by atoms with Crippen LogP contribution in [0, 0.1) is 5.41 Å². The van der Waals surface area contributed by atoms with Gasteiger partial charge in [0.15, 0.2) is 10.1 Å². The molecular formula is C28H24BrCl7N4OS2. The third-order valence-electron chi connectivity index (χ3n) is 4.70. The number of halogens is 8. The Hall–Kier alpha value is -1.30. The predicted octanol–water partition coefficient (Wildman–Crippen LogP) is 12.3. The zero-order valence-corrected chi connectivity index (χ0v) is 29.6. The van der Waals surface area contributed by atoms with Crippen molar-refractivity contribution >= 4 is 131 Å². The fourth-order valence-corrected chi connectivity index (χ4v) is 5.80. The van der Waals surface area contributed by atoms with E-state index in [2.05, 4.69) is 25.9 Å². The highest BCUT2D eigenvalue weighted by atomic mass is 79.9. The van der Waals surface area contributed by atoms with Crippen LogP contribution in [0.3, 0.4) is 0 Å². The molecule has 15 heteroatoms. The molecule has 0 unspecified atom stereocenters. The number of benzene rings is 2. The maximum atomic E-state index is 11.0. The van der Waals surface area contributed by atoms with Crippen molar-refractivity contribution in [3.63, 3.8) is 0 Å². The smallest absolute Gasteiger partial charge is 0.184 e. The molecule has 0 atom stereocenters. The second-order valence-corrected chi connectivity index (χ2v) is 13.6. The molecule has 5 rings (SSSR count). The van der Waals surface area contributed by atoms with E-state index in [1.54, 1.807) is 53.2 Å².